The van der Waals surface area contributed by atoms with Crippen molar-refractivity contribution >= 4 is 5.97 Å². The third kappa shape index (κ3) is 2.69. The van der Waals surface area contributed by atoms with Crippen LogP contribution < -0.4 is 0 Å². The van der Waals surface area contributed by atoms with Crippen molar-refractivity contribution < 1.29 is 9.90 Å². The standard InChI is InChI=1S/C13H20N2O2/c1-15(8-4-11-3-7-14-9-11)10-13(12(16)17)5-2-6-13/h3,7,9,14H,2,4-6,8,10H2,1H3,(H,16,17). The highest BCUT2D eigenvalue weighted by molar-refractivity contribution is 5.76. The number of nitrogens with one attached hydrogen (secondary N) is 1. The summed E-state index contributed by atoms with van der Waals surface area (Å²) < 4.78 is 0. The van der Waals surface area contributed by atoms with E-state index in [4.69, 9.17) is 0 Å². The minimum absolute atomic E-state index is 0.465. The molecule has 0 spiro atoms. The molecule has 1 aliphatic rings. The van der Waals surface area contributed by atoms with E-state index in [0.29, 0.717) is 6.54 Å². The van der Waals surface area contributed by atoms with E-state index in [1.807, 2.05) is 19.4 Å². The fraction of sp³-hybridized carbons (Fsp3) is 0.615. The van der Waals surface area contributed by atoms with Crippen molar-refractivity contribution in [3.8, 4) is 0 Å². The lowest BCUT2D eigenvalue weighted by Crippen LogP contribution is -2.47. The number of likely N-dealkylation sites (N-methyl/N-ethyl adjacent to an activating group) is 1. The van der Waals surface area contributed by atoms with Gasteiger partial charge in [-0.2, -0.15) is 0 Å². The summed E-state index contributed by atoms with van der Waals surface area (Å²) in [5, 5.41) is 9.25. The molecule has 1 aromatic rings. The number of hydrogen-bond acceptors (Lipinski definition) is 2. The lowest BCUT2D eigenvalue weighted by molar-refractivity contribution is -0.156. The van der Waals surface area contributed by atoms with Gasteiger partial charge in [-0.05, 0) is 37.9 Å². The predicted molar refractivity (Wildman–Crippen MR) is 65.9 cm³/mol. The van der Waals surface area contributed by atoms with Gasteiger partial charge in [0.15, 0.2) is 0 Å². The second kappa shape index (κ2) is 4.92. The highest BCUT2D eigenvalue weighted by atomic mass is 16.4. The van der Waals surface area contributed by atoms with Crippen molar-refractivity contribution in [3.63, 3.8) is 0 Å². The summed E-state index contributed by atoms with van der Waals surface area (Å²) in [6, 6.07) is 2.06. The fourth-order valence-electron chi connectivity index (χ4n) is 2.47. The molecule has 0 bridgehead atoms. The molecule has 0 aromatic carbocycles. The first-order chi connectivity index (χ1) is 8.12. The van der Waals surface area contributed by atoms with Crippen LogP contribution in [0.3, 0.4) is 0 Å². The number of H-pyrrole nitrogens is 1. The average Bonchev–Trinajstić information content (AvgIpc) is 2.72. The quantitative estimate of drug-likeness (QED) is 0.791. The second-order valence-electron chi connectivity index (χ2n) is 5.15. The van der Waals surface area contributed by atoms with Gasteiger partial charge in [0.25, 0.3) is 0 Å². The molecule has 1 saturated carbocycles. The Morgan fingerprint density at radius 1 is 1.59 bits per heavy atom. The fourth-order valence-corrected chi connectivity index (χ4v) is 2.47. The van der Waals surface area contributed by atoms with Gasteiger partial charge in [-0.15, -0.1) is 0 Å². The van der Waals surface area contributed by atoms with E-state index in [2.05, 4.69) is 16.0 Å². The first kappa shape index (κ1) is 12.2. The topological polar surface area (TPSA) is 56.3 Å². The molecule has 0 saturated heterocycles. The maximum absolute atomic E-state index is 11.2. The second-order valence-corrected chi connectivity index (χ2v) is 5.15. The van der Waals surface area contributed by atoms with Crippen molar-refractivity contribution in [1.82, 2.24) is 9.88 Å². The molecule has 2 N–H and O–H groups in total. The highest BCUT2D eigenvalue weighted by Crippen LogP contribution is 2.41. The lowest BCUT2D eigenvalue weighted by Gasteiger charge is -2.40. The van der Waals surface area contributed by atoms with Gasteiger partial charge >= 0.3 is 5.97 Å². The van der Waals surface area contributed by atoms with E-state index in [-0.39, 0.29) is 0 Å². The van der Waals surface area contributed by atoms with Crippen LogP contribution in [0.2, 0.25) is 0 Å². The van der Waals surface area contributed by atoms with E-state index in [1.54, 1.807) is 0 Å². The molecule has 2 rings (SSSR count). The van der Waals surface area contributed by atoms with E-state index in [9.17, 15) is 9.90 Å². The first-order valence-electron chi connectivity index (χ1n) is 6.16. The molecule has 0 amide bonds. The normalized spacial score (nSPS) is 18.0. The van der Waals surface area contributed by atoms with E-state index >= 15 is 0 Å². The maximum atomic E-state index is 11.2. The summed E-state index contributed by atoms with van der Waals surface area (Å²) >= 11 is 0. The molecule has 17 heavy (non-hydrogen) atoms. The molecular formula is C13H20N2O2. The van der Waals surface area contributed by atoms with Crippen molar-refractivity contribution in [1.29, 1.82) is 0 Å². The van der Waals surface area contributed by atoms with Crippen LogP contribution in [-0.2, 0) is 11.2 Å². The molecular weight excluding hydrogens is 216 g/mol. The van der Waals surface area contributed by atoms with Crippen LogP contribution in [0.25, 0.3) is 0 Å². The summed E-state index contributed by atoms with van der Waals surface area (Å²) in [5.41, 5.74) is 0.808. The predicted octanol–water partition coefficient (Wildman–Crippen LogP) is 1.74. The number of aromatic amines is 1. The zero-order valence-electron chi connectivity index (χ0n) is 10.3. The number of carboxylic acids is 1. The van der Waals surface area contributed by atoms with Gasteiger partial charge in [-0.25, -0.2) is 0 Å². The number of nitrogens with zero attached hydrogens (tertiary/aromatic N) is 1. The Morgan fingerprint density at radius 3 is 2.82 bits per heavy atom. The maximum Gasteiger partial charge on any atom is 0.310 e. The Kier molecular flexibility index (Phi) is 3.52. The minimum Gasteiger partial charge on any atom is -0.481 e. The molecule has 0 radical (unpaired) electrons. The molecule has 1 fully saturated rings. The molecule has 1 heterocycles. The Bertz CT molecular complexity index is 369. The monoisotopic (exact) mass is 236 g/mol. The van der Waals surface area contributed by atoms with Crippen LogP contribution in [0, 0.1) is 5.41 Å². The molecule has 4 heteroatoms. The van der Waals surface area contributed by atoms with Crippen LogP contribution in [0.1, 0.15) is 24.8 Å². The Hall–Kier alpha value is -1.29. The number of carboxylic acid groups (broad SMARTS) is 1. The third-order valence-corrected chi connectivity index (χ3v) is 3.78. The average molecular weight is 236 g/mol. The van der Waals surface area contributed by atoms with Gasteiger partial charge in [-0.1, -0.05) is 6.42 Å². The molecule has 4 nitrogen and oxygen atoms in total. The SMILES string of the molecule is CN(CCc1cc[nH]c1)CC1(C(=O)O)CCC1. The van der Waals surface area contributed by atoms with Gasteiger partial charge in [-0.3, -0.25) is 4.79 Å². The summed E-state index contributed by atoms with van der Waals surface area (Å²) in [7, 11) is 2.01. The first-order valence-corrected chi connectivity index (χ1v) is 6.16. The number of aromatic nitrogens is 1. The number of rotatable bonds is 6. The minimum atomic E-state index is -0.628. The molecule has 94 valence electrons. The van der Waals surface area contributed by atoms with E-state index < -0.39 is 11.4 Å². The van der Waals surface area contributed by atoms with Crippen LogP contribution in [0.15, 0.2) is 18.5 Å². The molecule has 0 unspecified atom stereocenters. The van der Waals surface area contributed by atoms with E-state index in [1.165, 1.54) is 5.56 Å². The zero-order chi connectivity index (χ0) is 12.3. The Labute approximate surface area is 102 Å². The van der Waals surface area contributed by atoms with Gasteiger partial charge in [0.2, 0.25) is 0 Å². The largest absolute Gasteiger partial charge is 0.481 e. The summed E-state index contributed by atoms with van der Waals surface area (Å²) in [6.07, 6.45) is 7.59. The van der Waals surface area contributed by atoms with Crippen molar-refractivity contribution in [3.05, 3.63) is 24.0 Å². The van der Waals surface area contributed by atoms with Crippen molar-refractivity contribution in [2.75, 3.05) is 20.1 Å². The van der Waals surface area contributed by atoms with Crippen LogP contribution in [0.5, 0.6) is 0 Å². The highest BCUT2D eigenvalue weighted by Gasteiger charge is 2.44. The number of aliphatic carboxylic acids is 1. The number of carbonyl (C=O) groups is 1. The van der Waals surface area contributed by atoms with Gasteiger partial charge < -0.3 is 15.0 Å². The van der Waals surface area contributed by atoms with Gasteiger partial charge in [0.05, 0.1) is 5.41 Å². The van der Waals surface area contributed by atoms with Gasteiger partial charge in [0, 0.05) is 25.5 Å². The smallest absolute Gasteiger partial charge is 0.310 e. The molecule has 0 atom stereocenters. The Balaban J connectivity index is 1.80. The molecule has 1 aliphatic carbocycles. The third-order valence-electron chi connectivity index (χ3n) is 3.78. The van der Waals surface area contributed by atoms with Crippen LogP contribution in [0.4, 0.5) is 0 Å². The zero-order valence-corrected chi connectivity index (χ0v) is 10.3. The summed E-state index contributed by atoms with van der Waals surface area (Å²) in [5.74, 6) is -0.628. The molecule has 1 aromatic heterocycles. The molecule has 0 aliphatic heterocycles. The Morgan fingerprint density at radius 2 is 2.35 bits per heavy atom. The van der Waals surface area contributed by atoms with Crippen molar-refractivity contribution in [2.24, 2.45) is 5.41 Å². The van der Waals surface area contributed by atoms with Crippen LogP contribution >= 0.6 is 0 Å². The van der Waals surface area contributed by atoms with Crippen molar-refractivity contribution in [2.45, 2.75) is 25.7 Å². The summed E-state index contributed by atoms with van der Waals surface area (Å²) in [6.45, 7) is 1.58. The number of hydrogen-bond donors (Lipinski definition) is 2. The van der Waals surface area contributed by atoms with E-state index in [0.717, 1.165) is 32.2 Å². The van der Waals surface area contributed by atoms with Gasteiger partial charge in [0.1, 0.15) is 0 Å². The summed E-state index contributed by atoms with van der Waals surface area (Å²) in [4.78, 5) is 16.4. The van der Waals surface area contributed by atoms with Crippen LogP contribution in [-0.4, -0.2) is 41.1 Å². The lowest BCUT2D eigenvalue weighted by atomic mass is 9.68.